The second kappa shape index (κ2) is 11.4. The van der Waals surface area contributed by atoms with Crippen molar-refractivity contribution in [2.75, 3.05) is 38.7 Å². The van der Waals surface area contributed by atoms with Gasteiger partial charge >= 0.3 is 0 Å². The van der Waals surface area contributed by atoms with Crippen molar-refractivity contribution < 1.29 is 18.7 Å². The van der Waals surface area contributed by atoms with E-state index in [-0.39, 0.29) is 31.1 Å². The molecule has 1 amide bonds. The number of amides is 1. The van der Waals surface area contributed by atoms with Crippen LogP contribution in [-0.4, -0.2) is 77.4 Å². The SMILES string of the molecule is CCCOCc1ncc(-c2ccc3ncc4cc3c2OCC(F)CNC(=O)[C@@H]2C[C@H](CCN2C)N4)cn1. The van der Waals surface area contributed by atoms with Crippen LogP contribution in [0.25, 0.3) is 22.0 Å². The fourth-order valence-corrected chi connectivity index (χ4v) is 4.83. The zero-order valence-corrected chi connectivity index (χ0v) is 21.2. The molecule has 4 heterocycles. The average molecular weight is 509 g/mol. The molecule has 1 saturated heterocycles. The van der Waals surface area contributed by atoms with E-state index in [2.05, 4.69) is 25.6 Å². The quantitative estimate of drug-likeness (QED) is 0.506. The van der Waals surface area contributed by atoms with Crippen LogP contribution in [-0.2, 0) is 16.1 Å². The van der Waals surface area contributed by atoms with Gasteiger partial charge in [0.05, 0.1) is 30.0 Å². The number of alkyl halides is 1. The first-order valence-electron chi connectivity index (χ1n) is 12.8. The second-order valence-electron chi connectivity index (χ2n) is 9.69. The number of benzene rings is 1. The number of pyridine rings is 1. The Morgan fingerprint density at radius 3 is 2.86 bits per heavy atom. The molecule has 9 nitrogen and oxygen atoms in total. The third kappa shape index (κ3) is 5.80. The minimum Gasteiger partial charge on any atom is -0.489 e. The van der Waals surface area contributed by atoms with Crippen LogP contribution >= 0.6 is 0 Å². The molecule has 10 heteroatoms. The van der Waals surface area contributed by atoms with Crippen molar-refractivity contribution in [1.29, 1.82) is 0 Å². The lowest BCUT2D eigenvalue weighted by Gasteiger charge is -2.37. The molecule has 0 aliphatic carbocycles. The van der Waals surface area contributed by atoms with Crippen LogP contribution in [0.5, 0.6) is 5.75 Å². The Hall–Kier alpha value is -3.37. The summed E-state index contributed by atoms with van der Waals surface area (Å²) >= 11 is 0. The van der Waals surface area contributed by atoms with Crippen molar-refractivity contribution in [2.24, 2.45) is 0 Å². The normalized spacial score (nSPS) is 22.7. The molecule has 0 spiro atoms. The Morgan fingerprint density at radius 1 is 1.22 bits per heavy atom. The number of likely N-dealkylation sites (N-methyl/N-ethyl adjacent to an activating group) is 1. The largest absolute Gasteiger partial charge is 0.489 e. The van der Waals surface area contributed by atoms with E-state index < -0.39 is 6.17 Å². The van der Waals surface area contributed by atoms with Gasteiger partial charge in [0, 0.05) is 48.1 Å². The number of anilines is 1. The summed E-state index contributed by atoms with van der Waals surface area (Å²) in [5, 5.41) is 7.10. The molecule has 2 aromatic heterocycles. The number of fused-ring (bicyclic) bond motifs is 3. The van der Waals surface area contributed by atoms with E-state index >= 15 is 0 Å². The first-order chi connectivity index (χ1) is 18.0. The molecule has 1 fully saturated rings. The number of carbonyl (C=O) groups is 1. The molecule has 37 heavy (non-hydrogen) atoms. The Bertz CT molecular complexity index is 1240. The third-order valence-corrected chi connectivity index (χ3v) is 6.86. The van der Waals surface area contributed by atoms with Crippen molar-refractivity contribution in [3.8, 4) is 16.9 Å². The molecule has 0 saturated carbocycles. The van der Waals surface area contributed by atoms with Gasteiger partial charge in [0.2, 0.25) is 5.91 Å². The van der Waals surface area contributed by atoms with Gasteiger partial charge in [-0.15, -0.1) is 0 Å². The molecule has 2 aliphatic heterocycles. The molecule has 5 rings (SSSR count). The number of hydrogen-bond acceptors (Lipinski definition) is 8. The summed E-state index contributed by atoms with van der Waals surface area (Å²) in [6.45, 7) is 3.50. The Labute approximate surface area is 215 Å². The van der Waals surface area contributed by atoms with E-state index in [9.17, 15) is 9.18 Å². The van der Waals surface area contributed by atoms with E-state index in [1.54, 1.807) is 18.6 Å². The number of carbonyl (C=O) groups excluding carboxylic acids is 1. The summed E-state index contributed by atoms with van der Waals surface area (Å²) in [4.78, 5) is 28.3. The van der Waals surface area contributed by atoms with Crippen LogP contribution in [0, 0.1) is 0 Å². The molecule has 196 valence electrons. The van der Waals surface area contributed by atoms with Crippen LogP contribution < -0.4 is 15.4 Å². The molecule has 1 unspecified atom stereocenters. The number of piperidine rings is 1. The summed E-state index contributed by atoms with van der Waals surface area (Å²) in [7, 11) is 1.93. The number of ether oxygens (including phenoxy) is 2. The monoisotopic (exact) mass is 508 g/mol. The molecule has 2 N–H and O–H groups in total. The smallest absolute Gasteiger partial charge is 0.237 e. The van der Waals surface area contributed by atoms with Crippen molar-refractivity contribution in [3.05, 3.63) is 42.6 Å². The van der Waals surface area contributed by atoms with Gasteiger partial charge in [-0.1, -0.05) is 6.92 Å². The molecule has 3 aromatic rings. The maximum absolute atomic E-state index is 14.9. The van der Waals surface area contributed by atoms with Gasteiger partial charge in [0.25, 0.3) is 0 Å². The van der Waals surface area contributed by atoms with Crippen LogP contribution in [0.2, 0.25) is 0 Å². The van der Waals surface area contributed by atoms with E-state index in [0.717, 1.165) is 47.1 Å². The summed E-state index contributed by atoms with van der Waals surface area (Å²) < 4.78 is 26.5. The van der Waals surface area contributed by atoms with E-state index in [1.165, 1.54) is 0 Å². The van der Waals surface area contributed by atoms with E-state index in [0.29, 0.717) is 31.2 Å². The van der Waals surface area contributed by atoms with Gasteiger partial charge < -0.3 is 20.1 Å². The van der Waals surface area contributed by atoms with Crippen molar-refractivity contribution in [2.45, 2.75) is 51.0 Å². The zero-order chi connectivity index (χ0) is 25.8. The van der Waals surface area contributed by atoms with Gasteiger partial charge in [-0.2, -0.15) is 0 Å². The Morgan fingerprint density at radius 2 is 2.05 bits per heavy atom. The van der Waals surface area contributed by atoms with Crippen LogP contribution in [0.3, 0.4) is 0 Å². The predicted molar refractivity (Wildman–Crippen MR) is 139 cm³/mol. The van der Waals surface area contributed by atoms with E-state index in [1.807, 2.05) is 37.1 Å². The number of nitrogens with zero attached hydrogens (tertiary/aromatic N) is 4. The van der Waals surface area contributed by atoms with Gasteiger partial charge in [0.15, 0.2) is 12.0 Å². The number of rotatable bonds is 5. The highest BCUT2D eigenvalue weighted by molar-refractivity contribution is 5.94. The van der Waals surface area contributed by atoms with Crippen molar-refractivity contribution in [3.63, 3.8) is 0 Å². The third-order valence-electron chi connectivity index (χ3n) is 6.86. The van der Waals surface area contributed by atoms with Crippen LogP contribution in [0.15, 0.2) is 36.8 Å². The number of hydrogen-bond donors (Lipinski definition) is 2. The lowest BCUT2D eigenvalue weighted by molar-refractivity contribution is -0.127. The van der Waals surface area contributed by atoms with Gasteiger partial charge in [0.1, 0.15) is 19.0 Å². The predicted octanol–water partition coefficient (Wildman–Crippen LogP) is 3.34. The summed E-state index contributed by atoms with van der Waals surface area (Å²) in [6, 6.07) is 5.58. The molecule has 3 atom stereocenters. The van der Waals surface area contributed by atoms with Gasteiger partial charge in [-0.25, -0.2) is 14.4 Å². The first-order valence-corrected chi connectivity index (χ1v) is 12.8. The summed E-state index contributed by atoms with van der Waals surface area (Å²) in [5.41, 5.74) is 3.07. The van der Waals surface area contributed by atoms with Gasteiger partial charge in [-0.3, -0.25) is 14.7 Å². The summed E-state index contributed by atoms with van der Waals surface area (Å²) in [6.07, 6.45) is 6.32. The van der Waals surface area contributed by atoms with Crippen molar-refractivity contribution >= 4 is 22.5 Å². The van der Waals surface area contributed by atoms with Gasteiger partial charge in [-0.05, 0) is 44.5 Å². The Kier molecular flexibility index (Phi) is 7.76. The maximum atomic E-state index is 14.9. The fraction of sp³-hybridized carbons (Fsp3) is 0.481. The highest BCUT2D eigenvalue weighted by Crippen LogP contribution is 2.37. The number of nitrogens with one attached hydrogen (secondary N) is 2. The second-order valence-corrected chi connectivity index (χ2v) is 9.69. The molecular formula is C27H33FN6O3. The lowest BCUT2D eigenvalue weighted by atomic mass is 9.96. The van der Waals surface area contributed by atoms with E-state index in [4.69, 9.17) is 9.47 Å². The fourth-order valence-electron chi connectivity index (χ4n) is 4.83. The molecule has 1 aromatic carbocycles. The number of aromatic nitrogens is 3. The standard InChI is InChI=1S/C27H33FN6O3/c1-3-8-36-16-25-30-11-17(12-31-25)21-4-5-23-22-9-20(14-29-23)33-19-6-7-34(2)24(10-19)27(35)32-13-18(28)15-37-26(21)22/h4-5,9,11-12,14,18-19,24,33H,3,6-8,10,13,15-16H2,1-2H3,(H,32,35)/t18?,19-,24-/m0/s1. The Balaban J connectivity index is 1.51. The van der Waals surface area contributed by atoms with Crippen LogP contribution in [0.4, 0.5) is 10.1 Å². The minimum absolute atomic E-state index is 0.0961. The molecule has 0 radical (unpaired) electrons. The molecule has 2 aliphatic rings. The first kappa shape index (κ1) is 25.3. The summed E-state index contributed by atoms with van der Waals surface area (Å²) in [5.74, 6) is 0.946. The highest BCUT2D eigenvalue weighted by Gasteiger charge is 2.32. The molecular weight excluding hydrogens is 475 g/mol. The number of likely N-dealkylation sites (tertiary alicyclic amines) is 1. The van der Waals surface area contributed by atoms with Crippen LogP contribution in [0.1, 0.15) is 32.0 Å². The number of halogens is 1. The zero-order valence-electron chi connectivity index (χ0n) is 21.2. The molecule has 4 bridgehead atoms. The average Bonchev–Trinajstić information content (AvgIpc) is 2.91. The lowest BCUT2D eigenvalue weighted by Crippen LogP contribution is -2.53. The maximum Gasteiger partial charge on any atom is 0.237 e. The highest BCUT2D eigenvalue weighted by atomic mass is 19.1. The van der Waals surface area contributed by atoms with Crippen molar-refractivity contribution in [1.82, 2.24) is 25.2 Å². The minimum atomic E-state index is -1.37. The topological polar surface area (TPSA) is 102 Å².